The van der Waals surface area contributed by atoms with Crippen molar-refractivity contribution in [1.29, 1.82) is 0 Å². The standard InChI is InChI=1S/C31H41N3O3/c1-5-9-11-14-23-17-19-25(20-18-23)30(36)33(21-10-6-2)22-28(35)29-26(8-4)32-34(31(29)37)27-16-13-12-15-24(27)7-3/h12-13,15-20,32H,5-11,14,21-22H2,1-4H3. The number of rotatable bonds is 14. The van der Waals surface area contributed by atoms with Gasteiger partial charge in [0.2, 0.25) is 0 Å². The molecule has 198 valence electrons. The minimum atomic E-state index is -0.359. The Hall–Kier alpha value is -3.41. The Balaban J connectivity index is 1.86. The van der Waals surface area contributed by atoms with Crippen molar-refractivity contribution in [2.24, 2.45) is 0 Å². The molecule has 6 nitrogen and oxygen atoms in total. The minimum absolute atomic E-state index is 0.118. The van der Waals surface area contributed by atoms with Gasteiger partial charge in [0, 0.05) is 17.8 Å². The number of benzene rings is 2. The summed E-state index contributed by atoms with van der Waals surface area (Å²) in [4.78, 5) is 42.0. The van der Waals surface area contributed by atoms with Crippen LogP contribution in [0, 0.1) is 0 Å². The Morgan fingerprint density at radius 3 is 2.22 bits per heavy atom. The maximum Gasteiger partial charge on any atom is 0.282 e. The summed E-state index contributed by atoms with van der Waals surface area (Å²) < 4.78 is 1.47. The molecule has 0 unspecified atom stereocenters. The average Bonchev–Trinajstić information content (AvgIpc) is 3.27. The summed E-state index contributed by atoms with van der Waals surface area (Å²) in [6.45, 7) is 8.55. The van der Waals surface area contributed by atoms with Crippen molar-refractivity contribution in [3.05, 3.63) is 86.8 Å². The molecule has 0 spiro atoms. The van der Waals surface area contributed by atoms with Gasteiger partial charge in [0.15, 0.2) is 5.78 Å². The number of H-pyrrole nitrogens is 1. The van der Waals surface area contributed by atoms with Gasteiger partial charge in [-0.2, -0.15) is 0 Å². The normalized spacial score (nSPS) is 11.0. The van der Waals surface area contributed by atoms with Gasteiger partial charge in [-0.05, 0) is 61.4 Å². The Morgan fingerprint density at radius 1 is 0.865 bits per heavy atom. The molecule has 1 amide bonds. The minimum Gasteiger partial charge on any atom is -0.331 e. The van der Waals surface area contributed by atoms with Crippen molar-refractivity contribution in [2.75, 3.05) is 13.1 Å². The molecule has 3 aromatic rings. The number of hydrogen-bond donors (Lipinski definition) is 1. The van der Waals surface area contributed by atoms with E-state index in [1.54, 1.807) is 4.90 Å². The second-order valence-corrected chi connectivity index (χ2v) is 9.60. The molecule has 6 heteroatoms. The molecule has 0 fully saturated rings. The van der Waals surface area contributed by atoms with E-state index in [1.165, 1.54) is 23.1 Å². The van der Waals surface area contributed by atoms with Gasteiger partial charge in [-0.15, -0.1) is 0 Å². The topological polar surface area (TPSA) is 75.2 Å². The Morgan fingerprint density at radius 2 is 1.57 bits per heavy atom. The zero-order valence-corrected chi connectivity index (χ0v) is 22.8. The maximum atomic E-state index is 13.5. The molecule has 0 bridgehead atoms. The quantitative estimate of drug-likeness (QED) is 0.212. The highest BCUT2D eigenvalue weighted by molar-refractivity contribution is 6.02. The number of aromatic amines is 1. The number of carbonyl (C=O) groups excluding carboxylic acids is 2. The van der Waals surface area contributed by atoms with Gasteiger partial charge < -0.3 is 4.90 Å². The largest absolute Gasteiger partial charge is 0.331 e. The van der Waals surface area contributed by atoms with E-state index < -0.39 is 0 Å². The SMILES string of the molecule is CCCCCc1ccc(C(=O)N(CCCC)CC(=O)c2c(CC)[nH]n(-c3ccccc3CC)c2=O)cc1. The van der Waals surface area contributed by atoms with Crippen LogP contribution >= 0.6 is 0 Å². The van der Waals surface area contributed by atoms with Crippen molar-refractivity contribution < 1.29 is 9.59 Å². The first-order chi connectivity index (χ1) is 17.9. The van der Waals surface area contributed by atoms with Gasteiger partial charge in [0.25, 0.3) is 11.5 Å². The summed E-state index contributed by atoms with van der Waals surface area (Å²) in [6, 6.07) is 15.4. The number of ketones is 1. The number of hydrogen-bond acceptors (Lipinski definition) is 3. The first-order valence-electron chi connectivity index (χ1n) is 13.8. The number of aryl methyl sites for hydroxylation is 3. The highest BCUT2D eigenvalue weighted by Crippen LogP contribution is 2.16. The molecule has 0 saturated carbocycles. The third-order valence-corrected chi connectivity index (χ3v) is 6.88. The molecule has 0 aliphatic heterocycles. The third kappa shape index (κ3) is 6.88. The number of para-hydroxylation sites is 1. The van der Waals surface area contributed by atoms with Gasteiger partial charge in [-0.1, -0.05) is 77.3 Å². The van der Waals surface area contributed by atoms with Crippen molar-refractivity contribution in [2.45, 2.75) is 79.1 Å². The summed E-state index contributed by atoms with van der Waals surface area (Å²) in [5.41, 5.74) is 3.94. The molecule has 2 aromatic carbocycles. The van der Waals surface area contributed by atoms with Gasteiger partial charge in [0.05, 0.1) is 12.2 Å². The van der Waals surface area contributed by atoms with Crippen LogP contribution in [0.5, 0.6) is 0 Å². The van der Waals surface area contributed by atoms with Crippen LogP contribution in [0.2, 0.25) is 0 Å². The molecule has 3 rings (SSSR count). The first-order valence-corrected chi connectivity index (χ1v) is 13.8. The molecule has 1 heterocycles. The third-order valence-electron chi connectivity index (χ3n) is 6.88. The molecule has 0 aliphatic rings. The van der Waals surface area contributed by atoms with Crippen molar-refractivity contribution in [1.82, 2.24) is 14.7 Å². The molecule has 1 N–H and O–H groups in total. The monoisotopic (exact) mass is 503 g/mol. The van der Waals surface area contributed by atoms with E-state index in [9.17, 15) is 14.4 Å². The van der Waals surface area contributed by atoms with Crippen LogP contribution in [0.1, 0.15) is 97.3 Å². The molecular formula is C31H41N3O3. The van der Waals surface area contributed by atoms with Gasteiger partial charge in [-0.3, -0.25) is 19.5 Å². The first kappa shape index (κ1) is 28.2. The van der Waals surface area contributed by atoms with Crippen LogP contribution in [0.15, 0.2) is 53.3 Å². The van der Waals surface area contributed by atoms with Crippen LogP contribution in [0.4, 0.5) is 0 Å². The number of nitrogens with one attached hydrogen (secondary N) is 1. The number of amides is 1. The number of nitrogens with zero attached hydrogens (tertiary/aromatic N) is 2. The van der Waals surface area contributed by atoms with E-state index in [2.05, 4.69) is 18.9 Å². The van der Waals surface area contributed by atoms with Crippen molar-refractivity contribution in [3.8, 4) is 5.69 Å². The summed E-state index contributed by atoms with van der Waals surface area (Å²) in [5, 5.41) is 3.16. The summed E-state index contributed by atoms with van der Waals surface area (Å²) >= 11 is 0. The van der Waals surface area contributed by atoms with Crippen LogP contribution < -0.4 is 5.56 Å². The van der Waals surface area contributed by atoms with Crippen LogP contribution in [0.25, 0.3) is 5.69 Å². The fourth-order valence-corrected chi connectivity index (χ4v) is 4.65. The lowest BCUT2D eigenvalue weighted by Crippen LogP contribution is -2.38. The molecule has 0 saturated heterocycles. The predicted octanol–water partition coefficient (Wildman–Crippen LogP) is 6.15. The van der Waals surface area contributed by atoms with Gasteiger partial charge in [0.1, 0.15) is 5.56 Å². The van der Waals surface area contributed by atoms with E-state index in [0.717, 1.165) is 43.4 Å². The van der Waals surface area contributed by atoms with E-state index >= 15 is 0 Å². The van der Waals surface area contributed by atoms with E-state index in [0.29, 0.717) is 24.2 Å². The molecular weight excluding hydrogens is 462 g/mol. The zero-order chi connectivity index (χ0) is 26.8. The van der Waals surface area contributed by atoms with Crippen LogP contribution in [-0.2, 0) is 19.3 Å². The lowest BCUT2D eigenvalue weighted by atomic mass is 10.0. The summed E-state index contributed by atoms with van der Waals surface area (Å²) in [5.74, 6) is -0.501. The summed E-state index contributed by atoms with van der Waals surface area (Å²) in [6.07, 6.45) is 7.48. The molecule has 1 aromatic heterocycles. The zero-order valence-electron chi connectivity index (χ0n) is 22.8. The van der Waals surface area contributed by atoms with E-state index in [1.807, 2.05) is 62.4 Å². The molecule has 0 aliphatic carbocycles. The summed E-state index contributed by atoms with van der Waals surface area (Å²) in [7, 11) is 0. The molecule has 0 atom stereocenters. The number of Topliss-reactive ketones (excluding diaryl/α,β-unsaturated/α-hetero) is 1. The number of unbranched alkanes of at least 4 members (excludes halogenated alkanes) is 3. The van der Waals surface area contributed by atoms with Crippen molar-refractivity contribution >= 4 is 11.7 Å². The Labute approximate surface area is 220 Å². The van der Waals surface area contributed by atoms with Gasteiger partial charge in [-0.25, -0.2) is 4.68 Å². The van der Waals surface area contributed by atoms with Crippen molar-refractivity contribution in [3.63, 3.8) is 0 Å². The van der Waals surface area contributed by atoms with E-state index in [-0.39, 0.29) is 29.4 Å². The lowest BCUT2D eigenvalue weighted by Gasteiger charge is -2.22. The Bertz CT molecular complexity index is 1240. The van der Waals surface area contributed by atoms with E-state index in [4.69, 9.17) is 0 Å². The van der Waals surface area contributed by atoms with Crippen LogP contribution in [-0.4, -0.2) is 39.5 Å². The Kier molecular flexibility index (Phi) is 10.5. The molecule has 37 heavy (non-hydrogen) atoms. The number of aromatic nitrogens is 2. The predicted molar refractivity (Wildman–Crippen MR) is 150 cm³/mol. The number of carbonyl (C=O) groups is 2. The van der Waals surface area contributed by atoms with Crippen LogP contribution in [0.3, 0.4) is 0 Å². The van der Waals surface area contributed by atoms with Gasteiger partial charge >= 0.3 is 0 Å². The average molecular weight is 504 g/mol. The second-order valence-electron chi connectivity index (χ2n) is 9.60. The molecule has 0 radical (unpaired) electrons. The maximum absolute atomic E-state index is 13.5. The lowest BCUT2D eigenvalue weighted by molar-refractivity contribution is 0.0706. The fraction of sp³-hybridized carbons (Fsp3) is 0.452. The highest BCUT2D eigenvalue weighted by Gasteiger charge is 2.26. The smallest absolute Gasteiger partial charge is 0.282 e. The second kappa shape index (κ2) is 13.8. The highest BCUT2D eigenvalue weighted by atomic mass is 16.2. The fourth-order valence-electron chi connectivity index (χ4n) is 4.65.